The summed E-state index contributed by atoms with van der Waals surface area (Å²) < 4.78 is 3.23. The molecule has 2 aromatic heterocycles. The first kappa shape index (κ1) is 13.3. The maximum absolute atomic E-state index is 5.73. The SMILES string of the molecule is Cc1cccn2c(-c3ccc(Br)cc3)c(CCN)nc12. The van der Waals surface area contributed by atoms with Crippen LogP contribution in [0.3, 0.4) is 0 Å². The normalized spacial score (nSPS) is 11.2. The second kappa shape index (κ2) is 5.38. The maximum atomic E-state index is 5.73. The van der Waals surface area contributed by atoms with Gasteiger partial charge in [-0.1, -0.05) is 34.1 Å². The van der Waals surface area contributed by atoms with Gasteiger partial charge in [0.25, 0.3) is 0 Å². The molecular weight excluding hydrogens is 314 g/mol. The minimum absolute atomic E-state index is 0.604. The number of hydrogen-bond acceptors (Lipinski definition) is 2. The number of aromatic nitrogens is 2. The number of halogens is 1. The number of fused-ring (bicyclic) bond motifs is 1. The van der Waals surface area contributed by atoms with E-state index in [0.717, 1.165) is 33.5 Å². The van der Waals surface area contributed by atoms with Gasteiger partial charge in [-0.15, -0.1) is 0 Å². The van der Waals surface area contributed by atoms with Gasteiger partial charge >= 0.3 is 0 Å². The molecule has 1 aromatic carbocycles. The van der Waals surface area contributed by atoms with E-state index >= 15 is 0 Å². The zero-order chi connectivity index (χ0) is 14.1. The van der Waals surface area contributed by atoms with Crippen LogP contribution in [-0.4, -0.2) is 15.9 Å². The lowest BCUT2D eigenvalue weighted by Gasteiger charge is -2.05. The molecule has 0 radical (unpaired) electrons. The number of imidazole rings is 1. The summed E-state index contributed by atoms with van der Waals surface area (Å²) >= 11 is 3.48. The van der Waals surface area contributed by atoms with Crippen LogP contribution in [0, 0.1) is 6.92 Å². The van der Waals surface area contributed by atoms with E-state index in [1.54, 1.807) is 0 Å². The van der Waals surface area contributed by atoms with Gasteiger partial charge in [0.2, 0.25) is 0 Å². The highest BCUT2D eigenvalue weighted by Crippen LogP contribution is 2.27. The standard InChI is InChI=1S/C16H16BrN3/c1-11-3-2-10-20-15(12-4-6-13(17)7-5-12)14(8-9-18)19-16(11)20/h2-7,10H,8-9,18H2,1H3. The molecule has 20 heavy (non-hydrogen) atoms. The van der Waals surface area contributed by atoms with Crippen LogP contribution in [0.1, 0.15) is 11.3 Å². The summed E-state index contributed by atoms with van der Waals surface area (Å²) in [6.07, 6.45) is 2.85. The van der Waals surface area contributed by atoms with Crippen LogP contribution in [0.5, 0.6) is 0 Å². The first-order chi connectivity index (χ1) is 9.70. The van der Waals surface area contributed by atoms with Crippen molar-refractivity contribution in [3.63, 3.8) is 0 Å². The quantitative estimate of drug-likeness (QED) is 0.798. The van der Waals surface area contributed by atoms with Gasteiger partial charge in [-0.2, -0.15) is 0 Å². The highest BCUT2D eigenvalue weighted by molar-refractivity contribution is 9.10. The summed E-state index contributed by atoms with van der Waals surface area (Å²) in [6.45, 7) is 2.69. The highest BCUT2D eigenvalue weighted by Gasteiger charge is 2.14. The van der Waals surface area contributed by atoms with Gasteiger partial charge < -0.3 is 5.73 Å². The van der Waals surface area contributed by atoms with Gasteiger partial charge in [-0.3, -0.25) is 4.40 Å². The molecule has 0 atom stereocenters. The Kier molecular flexibility index (Phi) is 3.59. The second-order valence-electron chi connectivity index (χ2n) is 4.84. The third kappa shape index (κ3) is 2.25. The maximum Gasteiger partial charge on any atom is 0.140 e. The van der Waals surface area contributed by atoms with Crippen LogP contribution >= 0.6 is 15.9 Å². The fourth-order valence-electron chi connectivity index (χ4n) is 2.48. The van der Waals surface area contributed by atoms with Gasteiger partial charge in [0.15, 0.2) is 0 Å². The summed E-state index contributed by atoms with van der Waals surface area (Å²) in [5.41, 5.74) is 11.3. The van der Waals surface area contributed by atoms with Crippen molar-refractivity contribution in [1.82, 2.24) is 9.38 Å². The fraction of sp³-hybridized carbons (Fsp3) is 0.188. The van der Waals surface area contributed by atoms with Crippen LogP contribution in [0.4, 0.5) is 0 Å². The average Bonchev–Trinajstić information content (AvgIpc) is 2.80. The molecule has 0 saturated carbocycles. The summed E-state index contributed by atoms with van der Waals surface area (Å²) in [5, 5.41) is 0. The Morgan fingerprint density at radius 3 is 2.65 bits per heavy atom. The van der Waals surface area contributed by atoms with Crippen molar-refractivity contribution in [3.8, 4) is 11.3 Å². The van der Waals surface area contributed by atoms with Gasteiger partial charge in [-0.25, -0.2) is 4.98 Å². The summed E-state index contributed by atoms with van der Waals surface area (Å²) in [7, 11) is 0. The number of benzene rings is 1. The first-order valence-corrected chi connectivity index (χ1v) is 7.42. The van der Waals surface area contributed by atoms with Crippen LogP contribution in [0.2, 0.25) is 0 Å². The van der Waals surface area contributed by atoms with Crippen LogP contribution < -0.4 is 5.73 Å². The van der Waals surface area contributed by atoms with Crippen molar-refractivity contribution >= 4 is 21.6 Å². The Bertz CT molecular complexity index is 744. The third-order valence-corrected chi connectivity index (χ3v) is 3.94. The molecule has 0 amide bonds. The number of rotatable bonds is 3. The zero-order valence-corrected chi connectivity index (χ0v) is 12.9. The number of nitrogens with two attached hydrogens (primary N) is 1. The second-order valence-corrected chi connectivity index (χ2v) is 5.75. The van der Waals surface area contributed by atoms with Gasteiger partial charge in [0.1, 0.15) is 5.65 Å². The molecule has 0 fully saturated rings. The zero-order valence-electron chi connectivity index (χ0n) is 11.3. The molecule has 102 valence electrons. The largest absolute Gasteiger partial charge is 0.330 e. The Morgan fingerprint density at radius 1 is 1.20 bits per heavy atom. The van der Waals surface area contributed by atoms with Crippen molar-refractivity contribution in [2.24, 2.45) is 5.73 Å². The Hall–Kier alpha value is -1.65. The minimum atomic E-state index is 0.604. The lowest BCUT2D eigenvalue weighted by molar-refractivity contribution is 0.939. The molecule has 2 N–H and O–H groups in total. The molecule has 0 aliphatic rings. The van der Waals surface area contributed by atoms with E-state index in [2.05, 4.69) is 69.8 Å². The summed E-state index contributed by atoms with van der Waals surface area (Å²) in [6, 6.07) is 12.5. The van der Waals surface area contributed by atoms with Gasteiger partial charge in [-0.05, 0) is 37.2 Å². The topological polar surface area (TPSA) is 43.3 Å². The number of aryl methyl sites for hydroxylation is 1. The predicted octanol–water partition coefficient (Wildman–Crippen LogP) is 3.57. The number of pyridine rings is 1. The molecule has 0 saturated heterocycles. The van der Waals surface area contributed by atoms with E-state index in [-0.39, 0.29) is 0 Å². The molecule has 3 rings (SSSR count). The molecule has 3 nitrogen and oxygen atoms in total. The van der Waals surface area contributed by atoms with Gasteiger partial charge in [0, 0.05) is 22.7 Å². The number of hydrogen-bond donors (Lipinski definition) is 1. The van der Waals surface area contributed by atoms with E-state index in [9.17, 15) is 0 Å². The van der Waals surface area contributed by atoms with Crippen LogP contribution in [0.25, 0.3) is 16.9 Å². The molecule has 0 spiro atoms. The summed E-state index contributed by atoms with van der Waals surface area (Å²) in [4.78, 5) is 4.77. The third-order valence-electron chi connectivity index (χ3n) is 3.42. The smallest absolute Gasteiger partial charge is 0.140 e. The molecule has 0 aliphatic carbocycles. The minimum Gasteiger partial charge on any atom is -0.330 e. The Balaban J connectivity index is 2.28. The van der Waals surface area contributed by atoms with Crippen molar-refractivity contribution in [1.29, 1.82) is 0 Å². The average molecular weight is 330 g/mol. The molecular formula is C16H16BrN3. The lowest BCUT2D eigenvalue weighted by Crippen LogP contribution is -2.04. The summed E-state index contributed by atoms with van der Waals surface area (Å²) in [5.74, 6) is 0. The van der Waals surface area contributed by atoms with Gasteiger partial charge in [0.05, 0.1) is 11.4 Å². The fourth-order valence-corrected chi connectivity index (χ4v) is 2.74. The van der Waals surface area contributed by atoms with E-state index in [4.69, 9.17) is 10.7 Å². The van der Waals surface area contributed by atoms with Crippen molar-refractivity contribution in [3.05, 3.63) is 58.3 Å². The Labute approximate surface area is 126 Å². The Morgan fingerprint density at radius 2 is 1.95 bits per heavy atom. The number of nitrogens with zero attached hydrogens (tertiary/aromatic N) is 2. The lowest BCUT2D eigenvalue weighted by atomic mass is 10.1. The highest BCUT2D eigenvalue weighted by atomic mass is 79.9. The molecule has 0 aliphatic heterocycles. The first-order valence-electron chi connectivity index (χ1n) is 6.63. The van der Waals surface area contributed by atoms with Crippen LogP contribution in [0.15, 0.2) is 47.1 Å². The van der Waals surface area contributed by atoms with E-state index < -0.39 is 0 Å². The van der Waals surface area contributed by atoms with E-state index in [1.165, 1.54) is 5.56 Å². The van der Waals surface area contributed by atoms with Crippen molar-refractivity contribution in [2.75, 3.05) is 6.54 Å². The van der Waals surface area contributed by atoms with Crippen molar-refractivity contribution < 1.29 is 0 Å². The molecule has 0 bridgehead atoms. The van der Waals surface area contributed by atoms with E-state index in [1.807, 2.05) is 0 Å². The molecule has 3 aromatic rings. The molecule has 4 heteroatoms. The molecule has 2 heterocycles. The van der Waals surface area contributed by atoms with Crippen molar-refractivity contribution in [2.45, 2.75) is 13.3 Å². The van der Waals surface area contributed by atoms with E-state index in [0.29, 0.717) is 6.54 Å². The van der Waals surface area contributed by atoms with Crippen LogP contribution in [-0.2, 0) is 6.42 Å². The predicted molar refractivity (Wildman–Crippen MR) is 85.8 cm³/mol. The monoisotopic (exact) mass is 329 g/mol. The molecule has 0 unspecified atom stereocenters.